The first-order valence-electron chi connectivity index (χ1n) is 3.78. The second kappa shape index (κ2) is 4.34. The molecular formula is C10H11N2-. The Balaban J connectivity index is 2.58. The van der Waals surface area contributed by atoms with E-state index in [0.29, 0.717) is 0 Å². The standard InChI is InChI=1S/C10H11N2/c1-9-3-5-10(6-4-9)12-8-2-7-11/h2-8,12H,1H3/q-1/b8-2-. The maximum absolute atomic E-state index is 8.34. The van der Waals surface area contributed by atoms with Crippen LogP contribution >= 0.6 is 0 Å². The highest BCUT2D eigenvalue weighted by Gasteiger charge is 1.85. The summed E-state index contributed by atoms with van der Waals surface area (Å²) in [4.78, 5) is 0. The molecule has 0 saturated carbocycles. The van der Waals surface area contributed by atoms with Gasteiger partial charge in [0, 0.05) is 5.69 Å². The van der Waals surface area contributed by atoms with Gasteiger partial charge < -0.3 is 10.7 Å². The van der Waals surface area contributed by atoms with Crippen molar-refractivity contribution in [2.24, 2.45) is 0 Å². The minimum absolute atomic E-state index is 0.987. The summed E-state index contributed by atoms with van der Waals surface area (Å²) in [5.74, 6) is 0. The third-order valence-corrected chi connectivity index (χ3v) is 1.48. The minimum Gasteiger partial charge on any atom is -0.811 e. The van der Waals surface area contributed by atoms with Crippen LogP contribution in [0.1, 0.15) is 5.56 Å². The summed E-state index contributed by atoms with van der Waals surface area (Å²) in [5.41, 5.74) is 2.25. The van der Waals surface area contributed by atoms with Gasteiger partial charge >= 0.3 is 0 Å². The van der Waals surface area contributed by atoms with Gasteiger partial charge in [-0.05, 0) is 25.3 Å². The third-order valence-electron chi connectivity index (χ3n) is 1.48. The molecule has 0 aliphatic carbocycles. The first-order chi connectivity index (χ1) is 5.83. The second-order valence-corrected chi connectivity index (χ2v) is 2.52. The molecule has 0 radical (unpaired) electrons. The summed E-state index contributed by atoms with van der Waals surface area (Å²) in [6.45, 7) is 2.04. The number of nitrogens with zero attached hydrogens (tertiary/aromatic N) is 1. The van der Waals surface area contributed by atoms with Crippen molar-refractivity contribution in [3.8, 4) is 0 Å². The van der Waals surface area contributed by atoms with Gasteiger partial charge in [-0.25, -0.2) is 0 Å². The van der Waals surface area contributed by atoms with E-state index in [2.05, 4.69) is 5.32 Å². The zero-order chi connectivity index (χ0) is 8.81. The Morgan fingerprint density at radius 2 is 1.92 bits per heavy atom. The van der Waals surface area contributed by atoms with Crippen LogP contribution in [0.2, 0.25) is 0 Å². The molecule has 2 heteroatoms. The van der Waals surface area contributed by atoms with Crippen LogP contribution < -0.4 is 5.32 Å². The van der Waals surface area contributed by atoms with Gasteiger partial charge in [0.1, 0.15) is 0 Å². The molecule has 0 aromatic heterocycles. The molecule has 0 heterocycles. The lowest BCUT2D eigenvalue weighted by Crippen LogP contribution is -1.86. The summed E-state index contributed by atoms with van der Waals surface area (Å²) in [6.07, 6.45) is 4.19. The molecule has 0 aliphatic rings. The van der Waals surface area contributed by atoms with Gasteiger partial charge in [0.2, 0.25) is 0 Å². The minimum atomic E-state index is 0.987. The van der Waals surface area contributed by atoms with Crippen molar-refractivity contribution in [3.63, 3.8) is 0 Å². The maximum atomic E-state index is 8.34. The molecule has 0 unspecified atom stereocenters. The van der Waals surface area contributed by atoms with E-state index < -0.39 is 0 Å². The molecule has 0 spiro atoms. The van der Waals surface area contributed by atoms with E-state index >= 15 is 0 Å². The molecule has 0 fully saturated rings. The average molecular weight is 159 g/mol. The molecule has 0 bridgehead atoms. The molecule has 0 atom stereocenters. The fraction of sp³-hybridized carbons (Fsp3) is 0.100. The molecule has 2 nitrogen and oxygen atoms in total. The number of allylic oxidation sites excluding steroid dienone is 1. The summed E-state index contributed by atoms with van der Waals surface area (Å²) in [7, 11) is 0. The molecule has 1 rings (SSSR count). The van der Waals surface area contributed by atoms with E-state index in [-0.39, 0.29) is 0 Å². The van der Waals surface area contributed by atoms with Crippen molar-refractivity contribution in [2.45, 2.75) is 6.92 Å². The van der Waals surface area contributed by atoms with Gasteiger partial charge in [-0.2, -0.15) is 6.21 Å². The third kappa shape index (κ3) is 2.58. The van der Waals surface area contributed by atoms with Crippen molar-refractivity contribution in [2.75, 3.05) is 5.32 Å². The van der Waals surface area contributed by atoms with E-state index in [1.165, 1.54) is 11.6 Å². The van der Waals surface area contributed by atoms with E-state index in [1.807, 2.05) is 31.2 Å². The van der Waals surface area contributed by atoms with Crippen LogP contribution in [0.3, 0.4) is 0 Å². The molecule has 0 aliphatic heterocycles. The van der Waals surface area contributed by atoms with Crippen LogP contribution in [-0.2, 0) is 0 Å². The van der Waals surface area contributed by atoms with E-state index in [0.717, 1.165) is 11.9 Å². The fourth-order valence-corrected chi connectivity index (χ4v) is 0.837. The van der Waals surface area contributed by atoms with Crippen molar-refractivity contribution in [1.82, 2.24) is 0 Å². The predicted octanol–water partition coefficient (Wildman–Crippen LogP) is 2.56. The maximum Gasteiger partial charge on any atom is 0.0379 e. The number of aryl methyl sites for hydroxylation is 1. The van der Waals surface area contributed by atoms with Crippen LogP contribution in [0, 0.1) is 6.92 Å². The van der Waals surface area contributed by atoms with Crippen LogP contribution in [0.4, 0.5) is 5.69 Å². The van der Waals surface area contributed by atoms with Crippen molar-refractivity contribution < 1.29 is 0 Å². The summed E-state index contributed by atoms with van der Waals surface area (Å²) in [6, 6.07) is 8.02. The van der Waals surface area contributed by atoms with Gasteiger partial charge in [0.25, 0.3) is 0 Å². The van der Waals surface area contributed by atoms with E-state index in [1.54, 1.807) is 6.20 Å². The van der Waals surface area contributed by atoms with Gasteiger partial charge in [-0.15, -0.1) is 0 Å². The zero-order valence-corrected chi connectivity index (χ0v) is 6.99. The molecule has 12 heavy (non-hydrogen) atoms. The van der Waals surface area contributed by atoms with Crippen molar-refractivity contribution >= 4 is 11.9 Å². The first-order valence-corrected chi connectivity index (χ1v) is 3.78. The Hall–Kier alpha value is -1.57. The highest BCUT2D eigenvalue weighted by Crippen LogP contribution is 2.07. The predicted molar refractivity (Wildman–Crippen MR) is 53.4 cm³/mol. The Morgan fingerprint density at radius 1 is 1.25 bits per heavy atom. The molecule has 62 valence electrons. The van der Waals surface area contributed by atoms with Gasteiger partial charge in [0.15, 0.2) is 0 Å². The van der Waals surface area contributed by atoms with Crippen LogP contribution in [0.25, 0.3) is 5.41 Å². The van der Waals surface area contributed by atoms with Crippen molar-refractivity contribution in [1.29, 1.82) is 0 Å². The van der Waals surface area contributed by atoms with Gasteiger partial charge in [-0.3, -0.25) is 0 Å². The van der Waals surface area contributed by atoms with Crippen LogP contribution in [0.15, 0.2) is 36.5 Å². The Morgan fingerprint density at radius 3 is 2.50 bits per heavy atom. The smallest absolute Gasteiger partial charge is 0.0379 e. The number of nitrogens with one attached hydrogen (secondary N) is 1. The molecule has 0 saturated heterocycles. The second-order valence-electron chi connectivity index (χ2n) is 2.52. The average Bonchev–Trinajstić information content (AvgIpc) is 2.09. The molecular weight excluding hydrogens is 148 g/mol. The summed E-state index contributed by atoms with van der Waals surface area (Å²) < 4.78 is 0. The molecule has 1 N–H and O–H groups in total. The number of benzene rings is 1. The highest BCUT2D eigenvalue weighted by atomic mass is 14.8. The Bertz CT molecular complexity index is 272. The number of hydrogen-bond acceptors (Lipinski definition) is 1. The summed E-state index contributed by atoms with van der Waals surface area (Å²) in [5, 5.41) is 11.3. The SMILES string of the molecule is Cc1ccc(N/C=C\C=[N-])cc1. The van der Waals surface area contributed by atoms with E-state index in [4.69, 9.17) is 5.41 Å². The molecule has 0 amide bonds. The lowest BCUT2D eigenvalue weighted by Gasteiger charge is -1.99. The fourth-order valence-electron chi connectivity index (χ4n) is 0.837. The van der Waals surface area contributed by atoms with Crippen LogP contribution in [-0.4, -0.2) is 6.21 Å². The largest absolute Gasteiger partial charge is 0.811 e. The van der Waals surface area contributed by atoms with Crippen LogP contribution in [0.5, 0.6) is 0 Å². The van der Waals surface area contributed by atoms with Gasteiger partial charge in [-0.1, -0.05) is 23.8 Å². The Kier molecular flexibility index (Phi) is 3.08. The topological polar surface area (TPSA) is 34.3 Å². The quantitative estimate of drug-likeness (QED) is 0.676. The number of hydrogen-bond donors (Lipinski definition) is 1. The highest BCUT2D eigenvalue weighted by molar-refractivity contribution is 5.74. The number of rotatable bonds is 3. The summed E-state index contributed by atoms with van der Waals surface area (Å²) >= 11 is 0. The monoisotopic (exact) mass is 159 g/mol. The normalized spacial score (nSPS) is 10.1. The Labute approximate surface area is 72.4 Å². The first kappa shape index (κ1) is 8.53. The van der Waals surface area contributed by atoms with Crippen molar-refractivity contribution in [3.05, 3.63) is 47.5 Å². The zero-order valence-electron chi connectivity index (χ0n) is 6.99. The lowest BCUT2D eigenvalue weighted by molar-refractivity contribution is 1.46. The van der Waals surface area contributed by atoms with Gasteiger partial charge in [0.05, 0.1) is 0 Å². The molecule has 1 aromatic rings. The number of anilines is 1. The lowest BCUT2D eigenvalue weighted by atomic mass is 10.2. The molecule has 1 aromatic carbocycles. The van der Waals surface area contributed by atoms with E-state index in [9.17, 15) is 0 Å².